The molecular formula is C13H17N3O3S. The third kappa shape index (κ3) is 3.72. The number of hydrogen-bond donors (Lipinski definition) is 1. The average Bonchev–Trinajstić information content (AvgIpc) is 3.09. The van der Waals surface area contributed by atoms with Gasteiger partial charge in [-0.1, -0.05) is 17.8 Å². The van der Waals surface area contributed by atoms with Crippen LogP contribution in [-0.2, 0) is 11.3 Å². The zero-order valence-electron chi connectivity index (χ0n) is 11.1. The van der Waals surface area contributed by atoms with E-state index in [0.717, 1.165) is 10.9 Å². The Morgan fingerprint density at radius 1 is 1.45 bits per heavy atom. The van der Waals surface area contributed by atoms with E-state index in [9.17, 15) is 0 Å². The average molecular weight is 295 g/mol. The molecule has 2 heterocycles. The number of aliphatic hydroxyl groups excluding tert-OH is 1. The lowest BCUT2D eigenvalue weighted by Crippen LogP contribution is -2.04. The van der Waals surface area contributed by atoms with Crippen LogP contribution in [0.1, 0.15) is 0 Å². The SMILES string of the molecule is C=CCn1c(SCCOCCO)nnc1-c1ccco1. The number of allylic oxidation sites excluding steroid dienone is 1. The number of aromatic nitrogens is 3. The first kappa shape index (κ1) is 14.8. The molecule has 0 atom stereocenters. The number of ether oxygens (including phenoxy) is 1. The lowest BCUT2D eigenvalue weighted by molar-refractivity contribution is 0.103. The highest BCUT2D eigenvalue weighted by Gasteiger charge is 2.15. The molecule has 0 saturated heterocycles. The maximum absolute atomic E-state index is 8.63. The summed E-state index contributed by atoms with van der Waals surface area (Å²) in [7, 11) is 0. The summed E-state index contributed by atoms with van der Waals surface area (Å²) in [6.45, 7) is 5.32. The summed E-state index contributed by atoms with van der Waals surface area (Å²) in [5, 5.41) is 17.8. The molecule has 0 spiro atoms. The highest BCUT2D eigenvalue weighted by Crippen LogP contribution is 2.24. The molecule has 0 aliphatic rings. The van der Waals surface area contributed by atoms with Crippen molar-refractivity contribution in [3.05, 3.63) is 31.1 Å². The first-order chi connectivity index (χ1) is 9.86. The minimum Gasteiger partial charge on any atom is -0.461 e. The van der Waals surface area contributed by atoms with Gasteiger partial charge in [-0.2, -0.15) is 0 Å². The minimum atomic E-state index is 0.0416. The van der Waals surface area contributed by atoms with Crippen molar-refractivity contribution in [2.24, 2.45) is 0 Å². The summed E-state index contributed by atoms with van der Waals surface area (Å²) in [6, 6.07) is 3.67. The van der Waals surface area contributed by atoms with Crippen LogP contribution in [0.15, 0.2) is 40.6 Å². The maximum atomic E-state index is 8.63. The van der Waals surface area contributed by atoms with Crippen molar-refractivity contribution in [3.63, 3.8) is 0 Å². The third-order valence-electron chi connectivity index (χ3n) is 2.46. The molecule has 2 aromatic rings. The van der Waals surface area contributed by atoms with E-state index in [4.69, 9.17) is 14.3 Å². The highest BCUT2D eigenvalue weighted by molar-refractivity contribution is 7.99. The molecule has 0 fully saturated rings. The summed E-state index contributed by atoms with van der Waals surface area (Å²) < 4.78 is 12.5. The highest BCUT2D eigenvalue weighted by atomic mass is 32.2. The molecule has 0 bridgehead atoms. The Hall–Kier alpha value is -1.57. The van der Waals surface area contributed by atoms with Gasteiger partial charge in [0.15, 0.2) is 10.9 Å². The lowest BCUT2D eigenvalue weighted by Gasteiger charge is -2.06. The zero-order chi connectivity index (χ0) is 14.2. The monoisotopic (exact) mass is 295 g/mol. The Morgan fingerprint density at radius 2 is 2.35 bits per heavy atom. The fourth-order valence-corrected chi connectivity index (χ4v) is 2.43. The van der Waals surface area contributed by atoms with Gasteiger partial charge in [-0.15, -0.1) is 16.8 Å². The van der Waals surface area contributed by atoms with Crippen molar-refractivity contribution in [1.29, 1.82) is 0 Å². The molecule has 2 aromatic heterocycles. The molecule has 1 N–H and O–H groups in total. The van der Waals surface area contributed by atoms with Gasteiger partial charge >= 0.3 is 0 Å². The number of hydrogen-bond acceptors (Lipinski definition) is 6. The smallest absolute Gasteiger partial charge is 0.200 e. The molecule has 0 aliphatic heterocycles. The normalized spacial score (nSPS) is 10.8. The topological polar surface area (TPSA) is 73.3 Å². The Balaban J connectivity index is 2.03. The molecule has 0 aliphatic carbocycles. The van der Waals surface area contributed by atoms with Crippen LogP contribution in [0.5, 0.6) is 0 Å². The van der Waals surface area contributed by atoms with Crippen molar-refractivity contribution in [3.8, 4) is 11.6 Å². The summed E-state index contributed by atoms with van der Waals surface area (Å²) >= 11 is 1.55. The first-order valence-corrected chi connectivity index (χ1v) is 7.24. The molecular weight excluding hydrogens is 278 g/mol. The summed E-state index contributed by atoms with van der Waals surface area (Å²) in [5.74, 6) is 2.12. The van der Waals surface area contributed by atoms with Crippen LogP contribution in [0, 0.1) is 0 Å². The molecule has 2 rings (SSSR count). The van der Waals surface area contributed by atoms with Crippen LogP contribution in [0.4, 0.5) is 0 Å². The van der Waals surface area contributed by atoms with E-state index in [1.54, 1.807) is 24.1 Å². The number of furan rings is 1. The van der Waals surface area contributed by atoms with Gasteiger partial charge in [0.2, 0.25) is 5.82 Å². The molecule has 6 nitrogen and oxygen atoms in total. The first-order valence-electron chi connectivity index (χ1n) is 6.26. The van der Waals surface area contributed by atoms with E-state index in [1.807, 2.05) is 16.7 Å². The summed E-state index contributed by atoms with van der Waals surface area (Å²) in [6.07, 6.45) is 3.40. The largest absolute Gasteiger partial charge is 0.461 e. The van der Waals surface area contributed by atoms with Crippen molar-refractivity contribution < 1.29 is 14.3 Å². The molecule has 0 saturated carbocycles. The van der Waals surface area contributed by atoms with Crippen molar-refractivity contribution in [2.45, 2.75) is 11.7 Å². The van der Waals surface area contributed by atoms with Gasteiger partial charge in [-0.25, -0.2) is 0 Å². The summed E-state index contributed by atoms with van der Waals surface area (Å²) in [5.41, 5.74) is 0. The van der Waals surface area contributed by atoms with Gasteiger partial charge in [-0.3, -0.25) is 4.57 Å². The number of rotatable bonds is 9. The van der Waals surface area contributed by atoms with Crippen molar-refractivity contribution >= 4 is 11.8 Å². The Bertz CT molecular complexity index is 525. The number of aliphatic hydroxyl groups is 1. The van der Waals surface area contributed by atoms with Gasteiger partial charge in [0.25, 0.3) is 0 Å². The van der Waals surface area contributed by atoms with Gasteiger partial charge in [0.05, 0.1) is 26.1 Å². The molecule has 0 amide bonds. The molecule has 20 heavy (non-hydrogen) atoms. The molecule has 0 unspecified atom stereocenters. The lowest BCUT2D eigenvalue weighted by atomic mass is 10.4. The third-order valence-corrected chi connectivity index (χ3v) is 3.40. The van der Waals surface area contributed by atoms with E-state index in [2.05, 4.69) is 16.8 Å². The Labute approximate surface area is 121 Å². The van der Waals surface area contributed by atoms with E-state index in [0.29, 0.717) is 31.3 Å². The van der Waals surface area contributed by atoms with Gasteiger partial charge in [0, 0.05) is 12.3 Å². The van der Waals surface area contributed by atoms with E-state index < -0.39 is 0 Å². The van der Waals surface area contributed by atoms with Crippen LogP contribution in [0.2, 0.25) is 0 Å². The molecule has 0 aromatic carbocycles. The van der Waals surface area contributed by atoms with Crippen LogP contribution in [-0.4, -0.2) is 45.4 Å². The van der Waals surface area contributed by atoms with Crippen LogP contribution in [0.25, 0.3) is 11.6 Å². The summed E-state index contributed by atoms with van der Waals surface area (Å²) in [4.78, 5) is 0. The van der Waals surface area contributed by atoms with Gasteiger partial charge in [0.1, 0.15) is 0 Å². The van der Waals surface area contributed by atoms with Crippen molar-refractivity contribution in [2.75, 3.05) is 25.6 Å². The fourth-order valence-electron chi connectivity index (χ4n) is 1.64. The van der Waals surface area contributed by atoms with E-state index in [1.165, 1.54) is 0 Å². The van der Waals surface area contributed by atoms with Crippen LogP contribution in [0.3, 0.4) is 0 Å². The van der Waals surface area contributed by atoms with E-state index >= 15 is 0 Å². The minimum absolute atomic E-state index is 0.0416. The van der Waals surface area contributed by atoms with E-state index in [-0.39, 0.29) is 6.61 Å². The predicted octanol–water partition coefficient (Wildman–Crippen LogP) is 1.83. The van der Waals surface area contributed by atoms with Crippen LogP contribution >= 0.6 is 11.8 Å². The van der Waals surface area contributed by atoms with Gasteiger partial charge in [-0.05, 0) is 12.1 Å². The number of thioether (sulfide) groups is 1. The predicted molar refractivity (Wildman–Crippen MR) is 76.5 cm³/mol. The second-order valence-corrected chi connectivity index (χ2v) is 4.93. The fraction of sp³-hybridized carbons (Fsp3) is 0.385. The number of nitrogens with zero attached hydrogens (tertiary/aromatic N) is 3. The van der Waals surface area contributed by atoms with Crippen molar-refractivity contribution in [1.82, 2.24) is 14.8 Å². The zero-order valence-corrected chi connectivity index (χ0v) is 11.9. The Morgan fingerprint density at radius 3 is 3.05 bits per heavy atom. The quantitative estimate of drug-likeness (QED) is 0.432. The Kier molecular flexibility index (Phi) is 5.85. The van der Waals surface area contributed by atoms with Crippen LogP contribution < -0.4 is 0 Å². The molecule has 7 heteroatoms. The van der Waals surface area contributed by atoms with Gasteiger partial charge < -0.3 is 14.3 Å². The second-order valence-electron chi connectivity index (χ2n) is 3.87. The second kappa shape index (κ2) is 7.88. The molecule has 0 radical (unpaired) electrons. The maximum Gasteiger partial charge on any atom is 0.200 e. The molecule has 108 valence electrons. The standard InChI is InChI=1S/C13H17N3O3S/c1-2-5-16-12(11-4-3-7-19-11)14-15-13(16)20-10-9-18-8-6-17/h2-4,7,17H,1,5-6,8-10H2.